The summed E-state index contributed by atoms with van der Waals surface area (Å²) in [7, 11) is 0. The van der Waals surface area contributed by atoms with Crippen LogP contribution >= 0.6 is 0 Å². The van der Waals surface area contributed by atoms with Crippen molar-refractivity contribution in [3.05, 3.63) is 33.1 Å². The summed E-state index contributed by atoms with van der Waals surface area (Å²) in [4.78, 5) is 24.3. The van der Waals surface area contributed by atoms with Crippen LogP contribution in [0.3, 0.4) is 0 Å². The Morgan fingerprint density at radius 1 is 1.56 bits per heavy atom. The van der Waals surface area contributed by atoms with E-state index < -0.39 is 29.9 Å². The van der Waals surface area contributed by atoms with Crippen molar-refractivity contribution in [2.75, 3.05) is 0 Å². The largest absolute Gasteiger partial charge is 0.362 e. The quantitative estimate of drug-likeness (QED) is 0.717. The van der Waals surface area contributed by atoms with Gasteiger partial charge in [0.2, 0.25) is 6.36 Å². The molecule has 2 N–H and O–H groups in total. The van der Waals surface area contributed by atoms with E-state index in [1.54, 1.807) is 0 Å². The molecule has 1 aliphatic heterocycles. The van der Waals surface area contributed by atoms with E-state index in [-0.39, 0.29) is 0 Å². The van der Waals surface area contributed by atoms with Crippen molar-refractivity contribution in [1.29, 1.82) is 0 Å². The Kier molecular flexibility index (Phi) is 2.88. The zero-order valence-electron chi connectivity index (χ0n) is 8.30. The SMILES string of the molecule is O=c1ccn([C@H]2CC[C@@H]([C@@H](O)F)O2)c(=O)[nH]1. The number of rotatable bonds is 2. The van der Waals surface area contributed by atoms with Gasteiger partial charge in [0, 0.05) is 12.3 Å². The minimum Gasteiger partial charge on any atom is -0.362 e. The molecule has 1 aromatic heterocycles. The number of aliphatic hydroxyl groups excluding tert-OH is 1. The third-order valence-electron chi connectivity index (χ3n) is 2.50. The van der Waals surface area contributed by atoms with E-state index in [1.165, 1.54) is 16.8 Å². The summed E-state index contributed by atoms with van der Waals surface area (Å²) < 4.78 is 18.9. The van der Waals surface area contributed by atoms with Gasteiger partial charge in [-0.2, -0.15) is 0 Å². The van der Waals surface area contributed by atoms with Gasteiger partial charge in [0.1, 0.15) is 12.3 Å². The normalized spacial score (nSPS) is 26.9. The van der Waals surface area contributed by atoms with Crippen molar-refractivity contribution in [1.82, 2.24) is 9.55 Å². The molecule has 0 aliphatic carbocycles. The van der Waals surface area contributed by atoms with Crippen LogP contribution in [-0.4, -0.2) is 27.1 Å². The molecular weight excluding hydrogens is 219 g/mol. The number of hydrogen-bond donors (Lipinski definition) is 2. The summed E-state index contributed by atoms with van der Waals surface area (Å²) in [6.07, 6.45) is -1.57. The van der Waals surface area contributed by atoms with Crippen molar-refractivity contribution in [3.8, 4) is 0 Å². The summed E-state index contributed by atoms with van der Waals surface area (Å²) in [6.45, 7) is 0. The van der Waals surface area contributed by atoms with Crippen molar-refractivity contribution in [2.24, 2.45) is 0 Å². The Labute approximate surface area is 89.3 Å². The summed E-state index contributed by atoms with van der Waals surface area (Å²) in [5, 5.41) is 8.69. The number of aromatic nitrogens is 2. The molecule has 1 aliphatic rings. The van der Waals surface area contributed by atoms with Crippen LogP contribution < -0.4 is 11.2 Å². The number of aromatic amines is 1. The van der Waals surface area contributed by atoms with E-state index in [0.29, 0.717) is 12.8 Å². The summed E-state index contributed by atoms with van der Waals surface area (Å²) >= 11 is 0. The Balaban J connectivity index is 2.21. The Morgan fingerprint density at radius 2 is 2.31 bits per heavy atom. The lowest BCUT2D eigenvalue weighted by atomic mass is 10.2. The number of H-pyrrole nitrogens is 1. The molecule has 1 aromatic rings. The number of nitrogens with one attached hydrogen (secondary N) is 1. The standard InChI is InChI=1S/C9H11FN2O4/c10-8(14)5-1-2-7(16-5)12-4-3-6(13)11-9(12)15/h3-5,7-8,14H,1-2H2,(H,11,13,15)/t5-,7+,8+/m0/s1. The first-order valence-electron chi connectivity index (χ1n) is 4.87. The first-order valence-corrected chi connectivity index (χ1v) is 4.87. The monoisotopic (exact) mass is 230 g/mol. The molecule has 0 aromatic carbocycles. The molecule has 0 saturated carbocycles. The molecule has 0 amide bonds. The molecule has 1 saturated heterocycles. The predicted octanol–water partition coefficient (Wildman–Crippen LogP) is -0.498. The average molecular weight is 230 g/mol. The lowest BCUT2D eigenvalue weighted by Crippen LogP contribution is -2.32. The third-order valence-corrected chi connectivity index (χ3v) is 2.50. The maximum Gasteiger partial charge on any atom is 0.330 e. The van der Waals surface area contributed by atoms with E-state index in [9.17, 15) is 14.0 Å². The molecule has 0 spiro atoms. The molecule has 88 valence electrons. The highest BCUT2D eigenvalue weighted by Crippen LogP contribution is 2.28. The fourth-order valence-corrected chi connectivity index (χ4v) is 1.71. The van der Waals surface area contributed by atoms with E-state index >= 15 is 0 Å². The average Bonchev–Trinajstić information content (AvgIpc) is 2.66. The molecule has 1 fully saturated rings. The van der Waals surface area contributed by atoms with Crippen LogP contribution in [0.25, 0.3) is 0 Å². The van der Waals surface area contributed by atoms with Gasteiger partial charge in [0.15, 0.2) is 0 Å². The van der Waals surface area contributed by atoms with Gasteiger partial charge in [-0.3, -0.25) is 14.3 Å². The van der Waals surface area contributed by atoms with E-state index in [2.05, 4.69) is 4.98 Å². The van der Waals surface area contributed by atoms with Gasteiger partial charge in [-0.05, 0) is 12.8 Å². The summed E-state index contributed by atoms with van der Waals surface area (Å²) in [5.41, 5.74) is -1.10. The van der Waals surface area contributed by atoms with E-state index in [0.717, 1.165) is 0 Å². The maximum absolute atomic E-state index is 12.5. The predicted molar refractivity (Wildman–Crippen MR) is 51.6 cm³/mol. The topological polar surface area (TPSA) is 84.3 Å². The molecule has 0 radical (unpaired) electrons. The summed E-state index contributed by atoms with van der Waals surface area (Å²) in [6, 6.07) is 1.18. The molecule has 0 bridgehead atoms. The molecule has 2 rings (SSSR count). The van der Waals surface area contributed by atoms with Crippen LogP contribution in [0.2, 0.25) is 0 Å². The fourth-order valence-electron chi connectivity index (χ4n) is 1.71. The maximum atomic E-state index is 12.5. The first-order chi connectivity index (χ1) is 7.58. The highest BCUT2D eigenvalue weighted by Gasteiger charge is 2.32. The number of halogens is 1. The second-order valence-corrected chi connectivity index (χ2v) is 3.60. The molecular formula is C9H11FN2O4. The highest BCUT2D eigenvalue weighted by atomic mass is 19.1. The highest BCUT2D eigenvalue weighted by molar-refractivity contribution is 4.86. The van der Waals surface area contributed by atoms with Crippen LogP contribution in [-0.2, 0) is 4.74 Å². The zero-order valence-corrected chi connectivity index (χ0v) is 8.30. The first kappa shape index (κ1) is 11.0. The van der Waals surface area contributed by atoms with E-state index in [4.69, 9.17) is 9.84 Å². The number of hydrogen-bond acceptors (Lipinski definition) is 4. The van der Waals surface area contributed by atoms with Crippen molar-refractivity contribution in [2.45, 2.75) is 31.5 Å². The van der Waals surface area contributed by atoms with Crippen molar-refractivity contribution >= 4 is 0 Å². The third kappa shape index (κ3) is 2.05. The molecule has 6 nitrogen and oxygen atoms in total. The minimum atomic E-state index is -2.05. The number of nitrogens with zero attached hydrogens (tertiary/aromatic N) is 1. The van der Waals surface area contributed by atoms with Crippen LogP contribution in [0.15, 0.2) is 21.9 Å². The number of alkyl halides is 1. The van der Waals surface area contributed by atoms with Crippen LogP contribution in [0.4, 0.5) is 4.39 Å². The van der Waals surface area contributed by atoms with Crippen LogP contribution in [0, 0.1) is 0 Å². The van der Waals surface area contributed by atoms with Gasteiger partial charge >= 0.3 is 5.69 Å². The smallest absolute Gasteiger partial charge is 0.330 e. The van der Waals surface area contributed by atoms with Gasteiger partial charge in [0.05, 0.1) is 0 Å². The van der Waals surface area contributed by atoms with Crippen molar-refractivity contribution < 1.29 is 14.2 Å². The second kappa shape index (κ2) is 4.18. The van der Waals surface area contributed by atoms with Gasteiger partial charge in [0.25, 0.3) is 5.56 Å². The zero-order chi connectivity index (χ0) is 11.7. The number of ether oxygens (including phenoxy) is 1. The lowest BCUT2D eigenvalue weighted by Gasteiger charge is -2.15. The Morgan fingerprint density at radius 3 is 2.88 bits per heavy atom. The van der Waals surface area contributed by atoms with Gasteiger partial charge in [-0.25, -0.2) is 9.18 Å². The summed E-state index contributed by atoms with van der Waals surface area (Å²) in [5.74, 6) is 0. The second-order valence-electron chi connectivity index (χ2n) is 3.60. The van der Waals surface area contributed by atoms with E-state index in [1.807, 2.05) is 0 Å². The molecule has 0 unspecified atom stereocenters. The number of aliphatic hydroxyl groups is 1. The molecule has 2 heterocycles. The molecule has 3 atom stereocenters. The Bertz CT molecular complexity index is 481. The van der Waals surface area contributed by atoms with Gasteiger partial charge < -0.3 is 9.84 Å². The van der Waals surface area contributed by atoms with Gasteiger partial charge in [-0.15, -0.1) is 0 Å². The molecule has 16 heavy (non-hydrogen) atoms. The van der Waals surface area contributed by atoms with Crippen LogP contribution in [0.1, 0.15) is 19.1 Å². The minimum absolute atomic E-state index is 0.327. The fraction of sp³-hybridized carbons (Fsp3) is 0.556. The van der Waals surface area contributed by atoms with Gasteiger partial charge in [-0.1, -0.05) is 0 Å². The van der Waals surface area contributed by atoms with Crippen LogP contribution in [0.5, 0.6) is 0 Å². The van der Waals surface area contributed by atoms with Crippen molar-refractivity contribution in [3.63, 3.8) is 0 Å². The molecule has 7 heteroatoms. The lowest BCUT2D eigenvalue weighted by molar-refractivity contribution is -0.110. The Hall–Kier alpha value is -1.47.